The van der Waals surface area contributed by atoms with E-state index in [1.165, 1.54) is 0 Å². The highest BCUT2D eigenvalue weighted by Gasteiger charge is 2.22. The van der Waals surface area contributed by atoms with Crippen LogP contribution in [0.2, 0.25) is 0 Å². The number of piperidine rings is 1. The summed E-state index contributed by atoms with van der Waals surface area (Å²) in [6.45, 7) is 4.80. The molecule has 0 unspecified atom stereocenters. The molecule has 0 bridgehead atoms. The molecule has 1 saturated heterocycles. The minimum Gasteiger partial charge on any atom is -0.465 e. The molecule has 3 heterocycles. The van der Waals surface area contributed by atoms with Gasteiger partial charge in [0.25, 0.3) is 0 Å². The van der Waals surface area contributed by atoms with Crippen molar-refractivity contribution in [3.8, 4) is 34.5 Å². The summed E-state index contributed by atoms with van der Waals surface area (Å²) in [5, 5.41) is 20.9. The first-order valence-corrected chi connectivity index (χ1v) is 12.7. The fourth-order valence-corrected chi connectivity index (χ4v) is 5.02. The normalized spacial score (nSPS) is 15.8. The molecule has 0 aliphatic carbocycles. The van der Waals surface area contributed by atoms with Gasteiger partial charge in [-0.15, -0.1) is 0 Å². The number of aryl methyl sites for hydroxylation is 1. The summed E-state index contributed by atoms with van der Waals surface area (Å²) in [6.07, 6.45) is 4.77. The third kappa shape index (κ3) is 5.31. The average molecular weight is 511 g/mol. The van der Waals surface area contributed by atoms with E-state index >= 15 is 0 Å². The van der Waals surface area contributed by atoms with Gasteiger partial charge < -0.3 is 20.1 Å². The van der Waals surface area contributed by atoms with E-state index in [1.54, 1.807) is 18.3 Å². The Labute approximate surface area is 221 Å². The molecule has 2 aromatic heterocycles. The number of hydrogen-bond donors (Lipinski definition) is 2. The lowest BCUT2D eigenvalue weighted by molar-refractivity contribution is 0.143. The first kappa shape index (κ1) is 25.2. The molecule has 9 heteroatoms. The monoisotopic (exact) mass is 510 g/mol. The zero-order chi connectivity index (χ0) is 26.6. The Morgan fingerprint density at radius 1 is 1.24 bits per heavy atom. The number of amides is 1. The molecule has 0 radical (unpaired) electrons. The Bertz CT molecular complexity index is 1510. The molecule has 2 N–H and O–H groups in total. The van der Waals surface area contributed by atoms with Crippen LogP contribution in [0.25, 0.3) is 28.0 Å². The maximum absolute atomic E-state index is 11.1. The molecule has 9 nitrogen and oxygen atoms in total. The first-order chi connectivity index (χ1) is 18.4. The number of hydrogen-bond acceptors (Lipinski definition) is 6. The number of ether oxygens (including phenoxy) is 1. The van der Waals surface area contributed by atoms with Crippen molar-refractivity contribution in [2.24, 2.45) is 5.92 Å². The van der Waals surface area contributed by atoms with Crippen LogP contribution in [0.3, 0.4) is 0 Å². The number of nitrogens with zero attached hydrogens (tertiary/aromatic N) is 5. The molecule has 5 rings (SSSR count). The van der Waals surface area contributed by atoms with Crippen molar-refractivity contribution in [1.29, 1.82) is 5.26 Å². The van der Waals surface area contributed by atoms with E-state index < -0.39 is 6.09 Å². The van der Waals surface area contributed by atoms with E-state index in [1.807, 2.05) is 47.9 Å². The summed E-state index contributed by atoms with van der Waals surface area (Å²) in [6, 6.07) is 15.9. The van der Waals surface area contributed by atoms with Crippen LogP contribution in [-0.4, -0.2) is 57.2 Å². The second-order valence-electron chi connectivity index (χ2n) is 9.81. The largest absolute Gasteiger partial charge is 0.465 e. The molecule has 1 fully saturated rings. The van der Waals surface area contributed by atoms with Crippen molar-refractivity contribution in [2.45, 2.75) is 26.3 Å². The van der Waals surface area contributed by atoms with E-state index in [2.05, 4.69) is 28.3 Å². The zero-order valence-corrected chi connectivity index (χ0v) is 21.5. The maximum atomic E-state index is 11.1. The molecule has 1 aliphatic heterocycles. The molecular weight excluding hydrogens is 480 g/mol. The van der Waals surface area contributed by atoms with Gasteiger partial charge in [0.2, 0.25) is 0 Å². The number of fused-ring (bicyclic) bond motifs is 1. The minimum atomic E-state index is -1.07. The van der Waals surface area contributed by atoms with Crippen LogP contribution >= 0.6 is 0 Å². The van der Waals surface area contributed by atoms with Gasteiger partial charge in [-0.05, 0) is 68.2 Å². The van der Waals surface area contributed by atoms with Gasteiger partial charge in [0.05, 0.1) is 29.5 Å². The van der Waals surface area contributed by atoms with Crippen molar-refractivity contribution in [3.05, 3.63) is 71.5 Å². The highest BCUT2D eigenvalue weighted by molar-refractivity contribution is 5.90. The highest BCUT2D eigenvalue weighted by Crippen LogP contribution is 2.37. The Morgan fingerprint density at radius 2 is 2.03 bits per heavy atom. The van der Waals surface area contributed by atoms with E-state index in [0.29, 0.717) is 35.4 Å². The van der Waals surface area contributed by atoms with Gasteiger partial charge in [-0.2, -0.15) is 10.2 Å². The SMILES string of the molecule is Cc1ccc(-c2c(-c3ccc(C#N)cc3)nc(OC[C@@H]3CCCN(C)C3)n3ccnc23)cc1CNC(=O)O. The lowest BCUT2D eigenvalue weighted by Gasteiger charge is -2.29. The van der Waals surface area contributed by atoms with Gasteiger partial charge in [0, 0.05) is 37.0 Å². The maximum Gasteiger partial charge on any atom is 0.404 e. The van der Waals surface area contributed by atoms with Gasteiger partial charge in [-0.25, -0.2) is 9.78 Å². The Morgan fingerprint density at radius 3 is 2.76 bits per heavy atom. The van der Waals surface area contributed by atoms with Crippen molar-refractivity contribution >= 4 is 11.7 Å². The van der Waals surface area contributed by atoms with Crippen LogP contribution in [0.1, 0.15) is 29.5 Å². The van der Waals surface area contributed by atoms with Crippen LogP contribution in [-0.2, 0) is 6.54 Å². The summed E-state index contributed by atoms with van der Waals surface area (Å²) in [7, 11) is 2.14. The smallest absolute Gasteiger partial charge is 0.404 e. The number of aromatic nitrogens is 3. The third-order valence-corrected chi connectivity index (χ3v) is 7.04. The third-order valence-electron chi connectivity index (χ3n) is 7.04. The molecule has 0 saturated carbocycles. The van der Waals surface area contributed by atoms with Gasteiger partial charge in [0.15, 0.2) is 5.65 Å². The average Bonchev–Trinajstić information content (AvgIpc) is 3.41. The molecule has 1 atom stereocenters. The molecule has 1 aliphatic rings. The number of nitriles is 1. The van der Waals surface area contributed by atoms with E-state index in [9.17, 15) is 10.1 Å². The van der Waals surface area contributed by atoms with E-state index in [0.717, 1.165) is 53.7 Å². The number of benzene rings is 2. The first-order valence-electron chi connectivity index (χ1n) is 12.7. The fourth-order valence-electron chi connectivity index (χ4n) is 5.02. The van der Waals surface area contributed by atoms with Crippen LogP contribution in [0.4, 0.5) is 4.79 Å². The summed E-state index contributed by atoms with van der Waals surface area (Å²) in [5.74, 6) is 0.425. The molecule has 0 spiro atoms. The quantitative estimate of drug-likeness (QED) is 0.369. The standard InChI is InChI=1S/C29H30N6O3/c1-19-5-8-23(14-24(19)16-32-29(36)37)25-26(22-9-6-20(15-30)7-10-22)33-28(35-13-11-31-27(25)35)38-18-21-4-3-12-34(2)17-21/h5-11,13-14,21,32H,3-4,12,16-18H2,1-2H3,(H,36,37)/t21-/m1/s1. The molecule has 194 valence electrons. The van der Waals surface area contributed by atoms with Crippen molar-refractivity contribution in [2.75, 3.05) is 26.7 Å². The number of carbonyl (C=O) groups is 1. The number of likely N-dealkylation sites (tertiary alicyclic amines) is 1. The lowest BCUT2D eigenvalue weighted by atomic mass is 9.96. The van der Waals surface area contributed by atoms with Gasteiger partial charge in [-0.1, -0.05) is 24.3 Å². The van der Waals surface area contributed by atoms with Crippen LogP contribution in [0.5, 0.6) is 6.01 Å². The number of nitrogens with one attached hydrogen (secondary N) is 1. The van der Waals surface area contributed by atoms with E-state index in [-0.39, 0.29) is 6.54 Å². The second kappa shape index (κ2) is 10.9. The number of rotatable bonds is 7. The number of imidazole rings is 1. The molecule has 38 heavy (non-hydrogen) atoms. The fraction of sp³-hybridized carbons (Fsp3) is 0.310. The van der Waals surface area contributed by atoms with E-state index in [4.69, 9.17) is 14.8 Å². The summed E-state index contributed by atoms with van der Waals surface area (Å²) in [5.41, 5.74) is 6.28. The Kier molecular flexibility index (Phi) is 7.24. The molecular formula is C29H30N6O3. The van der Waals surface area contributed by atoms with Crippen molar-refractivity contribution < 1.29 is 14.6 Å². The predicted molar refractivity (Wildman–Crippen MR) is 144 cm³/mol. The van der Waals surface area contributed by atoms with Gasteiger partial charge in [-0.3, -0.25) is 4.40 Å². The van der Waals surface area contributed by atoms with Crippen LogP contribution in [0.15, 0.2) is 54.9 Å². The van der Waals surface area contributed by atoms with Crippen LogP contribution in [0, 0.1) is 24.2 Å². The summed E-state index contributed by atoms with van der Waals surface area (Å²) in [4.78, 5) is 23.1. The molecule has 1 amide bonds. The Balaban J connectivity index is 1.62. The minimum absolute atomic E-state index is 0.191. The van der Waals surface area contributed by atoms with Gasteiger partial charge in [0.1, 0.15) is 0 Å². The topological polar surface area (TPSA) is 116 Å². The van der Waals surface area contributed by atoms with Crippen molar-refractivity contribution in [3.63, 3.8) is 0 Å². The molecule has 4 aromatic rings. The number of carboxylic acid groups (broad SMARTS) is 1. The molecule has 2 aromatic carbocycles. The zero-order valence-electron chi connectivity index (χ0n) is 21.5. The predicted octanol–water partition coefficient (Wildman–Crippen LogP) is 4.73. The lowest BCUT2D eigenvalue weighted by Crippen LogP contribution is -2.35. The summed E-state index contributed by atoms with van der Waals surface area (Å²) >= 11 is 0. The van der Waals surface area contributed by atoms with Crippen molar-refractivity contribution in [1.82, 2.24) is 24.6 Å². The van der Waals surface area contributed by atoms with Gasteiger partial charge >= 0.3 is 12.1 Å². The Hall–Kier alpha value is -4.42. The highest BCUT2D eigenvalue weighted by atomic mass is 16.5. The second-order valence-corrected chi connectivity index (χ2v) is 9.81. The summed E-state index contributed by atoms with van der Waals surface area (Å²) < 4.78 is 8.19. The van der Waals surface area contributed by atoms with Crippen LogP contribution < -0.4 is 10.1 Å².